The quantitative estimate of drug-likeness (QED) is 0.770. The second kappa shape index (κ2) is 6.50. The number of ether oxygens (including phenoxy) is 2. The van der Waals surface area contributed by atoms with Gasteiger partial charge in [0.2, 0.25) is 0 Å². The lowest BCUT2D eigenvalue weighted by Gasteiger charge is -2.26. The van der Waals surface area contributed by atoms with Crippen molar-refractivity contribution in [1.29, 1.82) is 0 Å². The first-order chi connectivity index (χ1) is 8.22. The van der Waals surface area contributed by atoms with Crippen LogP contribution in [-0.2, 0) is 6.42 Å². The van der Waals surface area contributed by atoms with Gasteiger partial charge in [0.05, 0.1) is 26.8 Å². The van der Waals surface area contributed by atoms with Crippen molar-refractivity contribution in [1.82, 2.24) is 0 Å². The molecular formula is C13H19Cl2NO2. The summed E-state index contributed by atoms with van der Waals surface area (Å²) in [5, 5.41) is 3.01. The predicted octanol–water partition coefficient (Wildman–Crippen LogP) is -1.07. The summed E-state index contributed by atoms with van der Waals surface area (Å²) in [7, 11) is 5.42. The van der Waals surface area contributed by atoms with Crippen molar-refractivity contribution in [3.63, 3.8) is 0 Å². The Morgan fingerprint density at radius 1 is 1.33 bits per heavy atom. The predicted molar refractivity (Wildman–Crippen MR) is 68.1 cm³/mol. The fraction of sp³-hybridized carbons (Fsp3) is 0.538. The zero-order valence-electron chi connectivity index (χ0n) is 10.9. The van der Waals surface area contributed by atoms with Crippen LogP contribution in [0.1, 0.15) is 30.0 Å². The Hall–Kier alpha value is -0.640. The molecule has 0 heterocycles. The van der Waals surface area contributed by atoms with E-state index in [0.29, 0.717) is 6.04 Å². The third-order valence-electron chi connectivity index (χ3n) is 3.48. The van der Waals surface area contributed by atoms with Crippen LogP contribution in [-0.4, -0.2) is 21.3 Å². The van der Waals surface area contributed by atoms with Crippen LogP contribution in [0.3, 0.4) is 0 Å². The number of hydrogen-bond donors (Lipinski definition) is 1. The molecule has 1 unspecified atom stereocenters. The molecule has 1 aliphatic rings. The van der Waals surface area contributed by atoms with E-state index in [2.05, 4.69) is 12.4 Å². The molecule has 0 fully saturated rings. The van der Waals surface area contributed by atoms with Crippen molar-refractivity contribution >= 4 is 11.6 Å². The summed E-state index contributed by atoms with van der Waals surface area (Å²) >= 11 is 6.33. The van der Waals surface area contributed by atoms with Crippen molar-refractivity contribution < 1.29 is 27.2 Å². The maximum absolute atomic E-state index is 6.33. The smallest absolute Gasteiger partial charge is 0.170 e. The Labute approximate surface area is 119 Å². The Kier molecular flexibility index (Phi) is 5.57. The van der Waals surface area contributed by atoms with E-state index in [1.807, 2.05) is 6.07 Å². The standard InChI is InChI=1S/C13H18ClNO2.ClH/c1-15-10-6-4-5-8-9(14)7-11(16-2)13(17-3)12(8)10;/h7,10,15H,4-6H2,1-3H3;1H. The first-order valence-electron chi connectivity index (χ1n) is 5.95. The molecule has 0 aliphatic heterocycles. The van der Waals surface area contributed by atoms with Crippen LogP contribution in [0.15, 0.2) is 6.07 Å². The minimum Gasteiger partial charge on any atom is -1.00 e. The van der Waals surface area contributed by atoms with Gasteiger partial charge in [0.1, 0.15) is 6.04 Å². The molecule has 0 amide bonds. The van der Waals surface area contributed by atoms with Crippen molar-refractivity contribution in [2.75, 3.05) is 21.3 Å². The lowest BCUT2D eigenvalue weighted by atomic mass is 9.86. The fourth-order valence-corrected chi connectivity index (χ4v) is 2.95. The first-order valence-corrected chi connectivity index (χ1v) is 6.33. The van der Waals surface area contributed by atoms with E-state index in [1.165, 1.54) is 17.5 Å². The van der Waals surface area contributed by atoms with E-state index in [1.54, 1.807) is 14.2 Å². The third kappa shape index (κ3) is 2.53. The van der Waals surface area contributed by atoms with Crippen LogP contribution < -0.4 is 27.2 Å². The topological polar surface area (TPSA) is 35.1 Å². The van der Waals surface area contributed by atoms with Gasteiger partial charge in [-0.3, -0.25) is 0 Å². The minimum atomic E-state index is 0. The monoisotopic (exact) mass is 291 g/mol. The van der Waals surface area contributed by atoms with E-state index in [-0.39, 0.29) is 12.4 Å². The van der Waals surface area contributed by atoms with Crippen molar-refractivity contribution in [2.24, 2.45) is 0 Å². The molecule has 2 rings (SSSR count). The maximum atomic E-state index is 6.33. The first kappa shape index (κ1) is 15.4. The summed E-state index contributed by atoms with van der Waals surface area (Å²) in [6.45, 7) is 0. The van der Waals surface area contributed by atoms with Crippen LogP contribution in [0.2, 0.25) is 5.02 Å². The van der Waals surface area contributed by atoms with Gasteiger partial charge in [-0.2, -0.15) is 0 Å². The summed E-state index contributed by atoms with van der Waals surface area (Å²) in [5.41, 5.74) is 2.43. The Bertz CT molecular complexity index is 424. The Morgan fingerprint density at radius 2 is 2.06 bits per heavy atom. The van der Waals surface area contributed by atoms with E-state index < -0.39 is 0 Å². The summed E-state index contributed by atoms with van der Waals surface area (Å²) in [4.78, 5) is 0. The number of benzene rings is 1. The highest BCUT2D eigenvalue weighted by atomic mass is 35.5. The van der Waals surface area contributed by atoms with Gasteiger partial charge in [-0.05, 0) is 18.4 Å². The summed E-state index contributed by atoms with van der Waals surface area (Å²) < 4.78 is 10.9. The van der Waals surface area contributed by atoms with Gasteiger partial charge in [0.15, 0.2) is 11.5 Å². The molecular weight excluding hydrogens is 273 g/mol. The summed E-state index contributed by atoms with van der Waals surface area (Å²) in [6.07, 6.45) is 3.36. The fourth-order valence-electron chi connectivity index (χ4n) is 2.65. The number of hydrogen-bond acceptors (Lipinski definition) is 2. The molecule has 0 radical (unpaired) electrons. The molecule has 2 N–H and O–H groups in total. The normalized spacial score (nSPS) is 17.7. The number of nitrogens with two attached hydrogens (primary N) is 1. The minimum absolute atomic E-state index is 0. The van der Waals surface area contributed by atoms with E-state index in [0.717, 1.165) is 29.4 Å². The molecule has 0 bridgehead atoms. The summed E-state index contributed by atoms with van der Waals surface area (Å²) in [5.74, 6) is 1.57. The molecule has 0 saturated heterocycles. The lowest BCUT2D eigenvalue weighted by Crippen LogP contribution is -3.00. The molecule has 18 heavy (non-hydrogen) atoms. The number of rotatable bonds is 3. The third-order valence-corrected chi connectivity index (χ3v) is 3.82. The zero-order chi connectivity index (χ0) is 12.4. The second-order valence-corrected chi connectivity index (χ2v) is 4.73. The Morgan fingerprint density at radius 3 is 2.61 bits per heavy atom. The van der Waals surface area contributed by atoms with Crippen molar-refractivity contribution in [2.45, 2.75) is 25.3 Å². The van der Waals surface area contributed by atoms with Gasteiger partial charge in [-0.25, -0.2) is 0 Å². The van der Waals surface area contributed by atoms with Crippen molar-refractivity contribution in [3.8, 4) is 11.5 Å². The van der Waals surface area contributed by atoms with E-state index in [9.17, 15) is 0 Å². The summed E-state index contributed by atoms with van der Waals surface area (Å²) in [6, 6.07) is 2.28. The van der Waals surface area contributed by atoms with Crippen LogP contribution >= 0.6 is 11.6 Å². The molecule has 5 heteroatoms. The molecule has 1 aromatic carbocycles. The molecule has 1 aliphatic carbocycles. The average Bonchev–Trinajstić information content (AvgIpc) is 2.37. The highest BCUT2D eigenvalue weighted by Crippen LogP contribution is 2.44. The molecule has 0 saturated carbocycles. The van der Waals surface area contributed by atoms with Gasteiger partial charge in [0, 0.05) is 17.5 Å². The van der Waals surface area contributed by atoms with Crippen LogP contribution in [0.5, 0.6) is 11.5 Å². The molecule has 3 nitrogen and oxygen atoms in total. The molecule has 102 valence electrons. The van der Waals surface area contributed by atoms with Gasteiger partial charge < -0.3 is 27.2 Å². The second-order valence-electron chi connectivity index (χ2n) is 4.32. The van der Waals surface area contributed by atoms with Gasteiger partial charge in [-0.15, -0.1) is 0 Å². The van der Waals surface area contributed by atoms with Gasteiger partial charge in [0.25, 0.3) is 0 Å². The molecule has 0 aromatic heterocycles. The molecule has 1 atom stereocenters. The number of methoxy groups -OCH3 is 2. The van der Waals surface area contributed by atoms with Gasteiger partial charge in [-0.1, -0.05) is 11.6 Å². The number of quaternary nitrogens is 1. The lowest BCUT2D eigenvalue weighted by molar-refractivity contribution is -0.671. The van der Waals surface area contributed by atoms with Crippen LogP contribution in [0, 0.1) is 0 Å². The van der Waals surface area contributed by atoms with Gasteiger partial charge >= 0.3 is 0 Å². The molecule has 0 spiro atoms. The molecule has 1 aromatic rings. The van der Waals surface area contributed by atoms with E-state index >= 15 is 0 Å². The highest BCUT2D eigenvalue weighted by molar-refractivity contribution is 6.31. The van der Waals surface area contributed by atoms with Crippen molar-refractivity contribution in [3.05, 3.63) is 22.2 Å². The van der Waals surface area contributed by atoms with E-state index in [4.69, 9.17) is 21.1 Å². The Balaban J connectivity index is 0.00000162. The number of halogens is 2. The number of fused-ring (bicyclic) bond motifs is 1. The SMILES string of the molecule is C[NH2+]C1CCCc2c(Cl)cc(OC)c(OC)c21.[Cl-]. The van der Waals surface area contributed by atoms with Crippen LogP contribution in [0.4, 0.5) is 0 Å². The van der Waals surface area contributed by atoms with Crippen LogP contribution in [0.25, 0.3) is 0 Å². The maximum Gasteiger partial charge on any atom is 0.170 e. The zero-order valence-corrected chi connectivity index (χ0v) is 12.4. The average molecular weight is 292 g/mol. The largest absolute Gasteiger partial charge is 1.00 e. The highest BCUT2D eigenvalue weighted by Gasteiger charge is 2.29.